The molecule has 0 aromatic rings. The molecule has 4 saturated carbocycles. The van der Waals surface area contributed by atoms with Crippen molar-refractivity contribution in [2.75, 3.05) is 19.8 Å². The predicted molar refractivity (Wildman–Crippen MR) is 182 cm³/mol. The Morgan fingerprint density at radius 3 is 2.06 bits per heavy atom. The number of hydrogen-bond acceptors (Lipinski definition) is 8. The Labute approximate surface area is 285 Å². The van der Waals surface area contributed by atoms with Gasteiger partial charge in [0.25, 0.3) is 0 Å². The molecule has 0 amide bonds. The number of Topliss-reactive ketones (excluding diaryl/α,β-unsaturated/α-hetero) is 1. The van der Waals surface area contributed by atoms with Crippen LogP contribution < -0.4 is 0 Å². The standard InChI is InChI=1S/C40H56O8/c1-23-7-11-32-37(3,15-13-34(44)39(32,5)21-41)28(23)10-9-25-17-31(48-36(25)46)26(27-19-47-20-30(27)43)18-29-24(2)8-12-33-38(29,4)16-14-35(45)40(33,6)22-42/h9-10,17,19,26,28-29,31-35,41-42,44-45H,1-2,7-8,11-16,18,20-22H2,3-6H3/b10-9+/t26-,28-,29-,31-,32-,33+,34+,35+,37+,38-,39-,40+/m0/s1. The number of rotatable bonds is 8. The van der Waals surface area contributed by atoms with E-state index in [1.54, 1.807) is 0 Å². The molecule has 0 radical (unpaired) electrons. The Morgan fingerprint density at radius 2 is 1.48 bits per heavy atom. The van der Waals surface area contributed by atoms with Crippen molar-refractivity contribution in [1.29, 1.82) is 0 Å². The van der Waals surface area contributed by atoms with Crippen LogP contribution in [0.5, 0.6) is 0 Å². The average molecular weight is 665 g/mol. The van der Waals surface area contributed by atoms with Gasteiger partial charge in [0.05, 0.1) is 37.3 Å². The molecule has 6 rings (SSSR count). The summed E-state index contributed by atoms with van der Waals surface area (Å²) in [5.74, 6) is -0.849. The minimum absolute atomic E-state index is 0.00875. The number of aliphatic hydroxyl groups is 4. The third-order valence-electron chi connectivity index (χ3n) is 14.6. The van der Waals surface area contributed by atoms with Crippen LogP contribution in [0.15, 0.2) is 59.9 Å². The van der Waals surface area contributed by atoms with E-state index in [4.69, 9.17) is 9.47 Å². The van der Waals surface area contributed by atoms with Crippen molar-refractivity contribution >= 4 is 11.8 Å². The lowest BCUT2D eigenvalue weighted by Crippen LogP contribution is -2.57. The van der Waals surface area contributed by atoms with Gasteiger partial charge >= 0.3 is 5.97 Å². The summed E-state index contributed by atoms with van der Waals surface area (Å²) in [6.07, 6.45) is 12.0. The highest BCUT2D eigenvalue weighted by Gasteiger charge is 2.59. The van der Waals surface area contributed by atoms with E-state index < -0.39 is 41.0 Å². The van der Waals surface area contributed by atoms with Gasteiger partial charge in [-0.05, 0) is 92.4 Å². The molecule has 8 heteroatoms. The van der Waals surface area contributed by atoms with Crippen LogP contribution in [0.1, 0.15) is 85.5 Å². The first-order chi connectivity index (χ1) is 22.6. The second-order valence-corrected chi connectivity index (χ2v) is 17.0. The topological polar surface area (TPSA) is 134 Å². The van der Waals surface area contributed by atoms with E-state index in [1.165, 1.54) is 6.26 Å². The number of allylic oxidation sites excluding steroid dienone is 3. The zero-order valence-corrected chi connectivity index (χ0v) is 29.2. The van der Waals surface area contributed by atoms with Gasteiger partial charge in [0.1, 0.15) is 12.7 Å². The second-order valence-electron chi connectivity index (χ2n) is 17.0. The average Bonchev–Trinajstić information content (AvgIpc) is 3.65. The summed E-state index contributed by atoms with van der Waals surface area (Å²) in [5.41, 5.74) is 1.44. The molecule has 0 saturated heterocycles. The first kappa shape index (κ1) is 35.3. The lowest BCUT2D eigenvalue weighted by molar-refractivity contribution is -0.155. The molecule has 2 aliphatic heterocycles. The van der Waals surface area contributed by atoms with Gasteiger partial charge in [0, 0.05) is 28.2 Å². The van der Waals surface area contributed by atoms with Gasteiger partial charge in [-0.3, -0.25) is 4.79 Å². The molecular formula is C40H56O8. The number of cyclic esters (lactones) is 1. The molecule has 0 spiro atoms. The normalized spacial score (nSPS) is 45.3. The van der Waals surface area contributed by atoms with Crippen LogP contribution in [-0.2, 0) is 19.1 Å². The van der Waals surface area contributed by atoms with Gasteiger partial charge < -0.3 is 29.9 Å². The molecule has 0 aromatic heterocycles. The van der Waals surface area contributed by atoms with Crippen LogP contribution in [-0.4, -0.2) is 70.3 Å². The smallest absolute Gasteiger partial charge is 0.338 e. The highest BCUT2D eigenvalue weighted by Crippen LogP contribution is 2.63. The lowest BCUT2D eigenvalue weighted by atomic mass is 9.45. The van der Waals surface area contributed by atoms with Gasteiger partial charge in [-0.25, -0.2) is 4.79 Å². The van der Waals surface area contributed by atoms with Crippen LogP contribution in [0.2, 0.25) is 0 Å². The molecule has 0 unspecified atom stereocenters. The first-order valence-corrected chi connectivity index (χ1v) is 18.0. The molecule has 264 valence electrons. The number of aliphatic hydroxyl groups excluding tert-OH is 4. The van der Waals surface area contributed by atoms with Crippen molar-refractivity contribution in [2.24, 2.45) is 51.2 Å². The Kier molecular flexibility index (Phi) is 9.32. The fourth-order valence-corrected chi connectivity index (χ4v) is 11.5. The van der Waals surface area contributed by atoms with Crippen LogP contribution in [0.3, 0.4) is 0 Å². The van der Waals surface area contributed by atoms with Crippen molar-refractivity contribution in [1.82, 2.24) is 0 Å². The Balaban J connectivity index is 1.30. The quantitative estimate of drug-likeness (QED) is 0.201. The third kappa shape index (κ3) is 5.41. The van der Waals surface area contributed by atoms with Gasteiger partial charge in [-0.1, -0.05) is 64.2 Å². The van der Waals surface area contributed by atoms with E-state index in [0.717, 1.165) is 49.7 Å². The second kappa shape index (κ2) is 12.7. The van der Waals surface area contributed by atoms with Crippen molar-refractivity contribution < 1.29 is 39.5 Å². The first-order valence-electron chi connectivity index (χ1n) is 18.0. The largest absolute Gasteiger partial charge is 0.493 e. The molecule has 2 heterocycles. The molecule has 48 heavy (non-hydrogen) atoms. The van der Waals surface area contributed by atoms with Crippen LogP contribution in [0.25, 0.3) is 0 Å². The summed E-state index contributed by atoms with van der Waals surface area (Å²) in [6, 6.07) is 0. The van der Waals surface area contributed by atoms with Crippen LogP contribution in [0, 0.1) is 51.2 Å². The van der Waals surface area contributed by atoms with E-state index >= 15 is 0 Å². The monoisotopic (exact) mass is 664 g/mol. The Bertz CT molecular complexity index is 1440. The van der Waals surface area contributed by atoms with E-state index in [2.05, 4.69) is 33.1 Å². The van der Waals surface area contributed by atoms with Gasteiger partial charge in [-0.15, -0.1) is 0 Å². The summed E-state index contributed by atoms with van der Waals surface area (Å²) < 4.78 is 11.5. The summed E-state index contributed by atoms with van der Waals surface area (Å²) in [5, 5.41) is 42.7. The summed E-state index contributed by atoms with van der Waals surface area (Å²) in [6.45, 7) is 17.1. The molecule has 8 nitrogen and oxygen atoms in total. The third-order valence-corrected chi connectivity index (χ3v) is 14.6. The van der Waals surface area contributed by atoms with E-state index in [-0.39, 0.29) is 60.1 Å². The number of fused-ring (bicyclic) bond motifs is 2. The van der Waals surface area contributed by atoms with Gasteiger partial charge in [0.2, 0.25) is 0 Å². The molecule has 4 fully saturated rings. The predicted octanol–water partition coefficient (Wildman–Crippen LogP) is 5.37. The van der Waals surface area contributed by atoms with Crippen LogP contribution in [0.4, 0.5) is 0 Å². The number of ketones is 1. The van der Waals surface area contributed by atoms with Gasteiger partial charge in [-0.2, -0.15) is 0 Å². The van der Waals surface area contributed by atoms with Crippen molar-refractivity contribution in [3.63, 3.8) is 0 Å². The molecule has 0 aromatic carbocycles. The van der Waals surface area contributed by atoms with Crippen molar-refractivity contribution in [3.05, 3.63) is 59.9 Å². The molecule has 0 bridgehead atoms. The van der Waals surface area contributed by atoms with Crippen molar-refractivity contribution in [3.8, 4) is 0 Å². The highest BCUT2D eigenvalue weighted by molar-refractivity contribution is 5.99. The fraction of sp³-hybridized carbons (Fsp3) is 0.700. The summed E-state index contributed by atoms with van der Waals surface area (Å²) >= 11 is 0. The Morgan fingerprint density at radius 1 is 0.896 bits per heavy atom. The van der Waals surface area contributed by atoms with E-state index in [0.29, 0.717) is 30.4 Å². The van der Waals surface area contributed by atoms with Gasteiger partial charge in [0.15, 0.2) is 5.78 Å². The molecule has 12 atom stereocenters. The summed E-state index contributed by atoms with van der Waals surface area (Å²) in [4.78, 5) is 26.6. The SMILES string of the molecule is C=C1CC[C@@H]2[C@](C)(CO)[C@H](O)CC[C@]2(C)[C@H]1/C=C/C1=C[C@@H]([C@@H](C[C@H]2C(=C)CC[C@H]3[C@@](C)(CO)[C@H](O)CC[C@]32C)C2=COCC2=O)OC1=O. The fourth-order valence-electron chi connectivity index (χ4n) is 11.5. The zero-order chi connectivity index (χ0) is 34.8. The number of esters is 1. The minimum atomic E-state index is -0.662. The number of ether oxygens (including phenoxy) is 2. The highest BCUT2D eigenvalue weighted by atomic mass is 16.5. The number of carbonyl (C=O) groups is 2. The maximum absolute atomic E-state index is 13.5. The van der Waals surface area contributed by atoms with Crippen LogP contribution >= 0.6 is 0 Å². The summed E-state index contributed by atoms with van der Waals surface area (Å²) in [7, 11) is 0. The minimum Gasteiger partial charge on any atom is -0.493 e. The molecule has 4 N–H and O–H groups in total. The molecule has 4 aliphatic carbocycles. The number of carbonyl (C=O) groups excluding carboxylic acids is 2. The maximum Gasteiger partial charge on any atom is 0.338 e. The lowest BCUT2D eigenvalue weighted by Gasteiger charge is -2.60. The molecular weight excluding hydrogens is 608 g/mol. The Hall–Kier alpha value is -2.52. The molecule has 6 aliphatic rings. The van der Waals surface area contributed by atoms with E-state index in [9.17, 15) is 30.0 Å². The zero-order valence-electron chi connectivity index (χ0n) is 29.2. The number of hydrogen-bond donors (Lipinski definition) is 4. The van der Waals surface area contributed by atoms with E-state index in [1.807, 2.05) is 26.0 Å². The maximum atomic E-state index is 13.5. The van der Waals surface area contributed by atoms with Crippen molar-refractivity contribution in [2.45, 2.75) is 104 Å².